The topological polar surface area (TPSA) is 26.3 Å². The minimum absolute atomic E-state index is 0.0505. The van der Waals surface area contributed by atoms with Gasteiger partial charge in [-0.25, -0.2) is 0 Å². The third-order valence-electron chi connectivity index (χ3n) is 1.76. The molecular weight excluding hydrogens is 276 g/mol. The molecule has 0 saturated carbocycles. The lowest BCUT2D eigenvalue weighted by Gasteiger charge is -2.07. The summed E-state index contributed by atoms with van der Waals surface area (Å²) in [5.41, 5.74) is 0.691. The van der Waals surface area contributed by atoms with Crippen molar-refractivity contribution in [3.05, 3.63) is 29.8 Å². The second-order valence-electron chi connectivity index (χ2n) is 3.49. The Balaban J connectivity index is 2.94. The number of benzene rings is 1. The lowest BCUT2D eigenvalue weighted by Crippen LogP contribution is -2.01. The summed E-state index contributed by atoms with van der Waals surface area (Å²) in [6.45, 7) is 0. The van der Waals surface area contributed by atoms with E-state index in [1.54, 1.807) is 36.7 Å². The number of ketones is 1. The van der Waals surface area contributed by atoms with E-state index in [0.29, 0.717) is 5.56 Å². The van der Waals surface area contributed by atoms with Crippen molar-refractivity contribution in [2.75, 3.05) is 19.6 Å². The number of ether oxygens (including phenoxy) is 1. The molecule has 1 rings (SSSR count). The summed E-state index contributed by atoms with van der Waals surface area (Å²) in [6.07, 6.45) is 4.02. The molecule has 0 atom stereocenters. The van der Waals surface area contributed by atoms with Gasteiger partial charge >= 0.3 is 0 Å². The first-order valence-corrected chi connectivity index (χ1v) is 8.74. The molecule has 0 bridgehead atoms. The maximum atomic E-state index is 11.8. The third-order valence-corrected chi connectivity index (χ3v) is 3.10. The fraction of sp³-hybridized carbons (Fsp3) is 0.273. The third kappa shape index (κ3) is 4.18. The van der Waals surface area contributed by atoms with Gasteiger partial charge in [-0.3, -0.25) is 4.79 Å². The summed E-state index contributed by atoms with van der Waals surface area (Å²) in [5, 5.41) is 1.73. The molecule has 4 heteroatoms. The average molecular weight is 290 g/mol. The van der Waals surface area contributed by atoms with Crippen molar-refractivity contribution in [3.8, 4) is 5.75 Å². The van der Waals surface area contributed by atoms with Crippen molar-refractivity contribution in [3.63, 3.8) is 0 Å². The molecule has 0 heterocycles. The molecule has 1 radical (unpaired) electrons. The summed E-state index contributed by atoms with van der Waals surface area (Å²) < 4.78 is 5.02. The lowest BCUT2D eigenvalue weighted by molar-refractivity contribution is 0.107. The standard InChI is InChI=1S/C11H14BrO2S/c1-14-10-6-4-9(5-7-10)11(13)8-15(2,3)12/h4-8H,1-3H3. The molecule has 83 valence electrons. The van der Waals surface area contributed by atoms with E-state index < -0.39 is 8.05 Å². The van der Waals surface area contributed by atoms with Crippen LogP contribution in [0.25, 0.3) is 0 Å². The highest BCUT2D eigenvalue weighted by Gasteiger charge is 2.05. The lowest BCUT2D eigenvalue weighted by atomic mass is 10.1. The highest BCUT2D eigenvalue weighted by atomic mass is 79.9. The molecule has 1 aromatic carbocycles. The maximum absolute atomic E-state index is 11.8. The molecule has 0 aromatic heterocycles. The van der Waals surface area contributed by atoms with Crippen molar-refractivity contribution >= 4 is 34.0 Å². The summed E-state index contributed by atoms with van der Waals surface area (Å²) in [6, 6.07) is 7.13. The highest BCUT2D eigenvalue weighted by Crippen LogP contribution is 2.35. The first-order valence-electron chi connectivity index (χ1n) is 4.38. The van der Waals surface area contributed by atoms with Gasteiger partial charge in [-0.05, 0) is 51.6 Å². The van der Waals surface area contributed by atoms with Crippen LogP contribution in [0.5, 0.6) is 5.75 Å². The second-order valence-corrected chi connectivity index (χ2v) is 11.3. The number of carbonyl (C=O) groups excluding carboxylic acids is 1. The van der Waals surface area contributed by atoms with Crippen LogP contribution < -0.4 is 4.74 Å². The molecule has 2 nitrogen and oxygen atoms in total. The Hall–Kier alpha value is -0.610. The molecular formula is C11H14BrO2S. The minimum atomic E-state index is -1.08. The largest absolute Gasteiger partial charge is 0.497 e. The fourth-order valence-corrected chi connectivity index (χ4v) is 2.23. The van der Waals surface area contributed by atoms with E-state index in [4.69, 9.17) is 4.74 Å². The van der Waals surface area contributed by atoms with Gasteiger partial charge in [-0.15, -0.1) is 0 Å². The average Bonchev–Trinajstić information content (AvgIpc) is 2.15. The molecule has 0 amide bonds. The molecule has 15 heavy (non-hydrogen) atoms. The zero-order valence-electron chi connectivity index (χ0n) is 8.99. The zero-order valence-corrected chi connectivity index (χ0v) is 11.4. The molecule has 1 aromatic rings. The molecule has 0 spiro atoms. The predicted octanol–water partition coefficient (Wildman–Crippen LogP) is 3.05. The Bertz CT molecular complexity index is 395. The van der Waals surface area contributed by atoms with Gasteiger partial charge < -0.3 is 4.74 Å². The van der Waals surface area contributed by atoms with Crippen LogP contribution in [0.4, 0.5) is 0 Å². The van der Waals surface area contributed by atoms with Gasteiger partial charge in [-0.1, -0.05) is 0 Å². The van der Waals surface area contributed by atoms with Crippen LogP contribution >= 0.6 is 22.9 Å². The van der Waals surface area contributed by atoms with Crippen LogP contribution in [-0.2, 0) is 0 Å². The van der Waals surface area contributed by atoms with E-state index in [1.165, 1.54) is 0 Å². The van der Waals surface area contributed by atoms with Crippen molar-refractivity contribution in [2.24, 2.45) is 0 Å². The Kier molecular flexibility index (Phi) is 4.11. The quantitative estimate of drug-likeness (QED) is 0.632. The van der Waals surface area contributed by atoms with Gasteiger partial charge in [0.15, 0.2) is 5.78 Å². The van der Waals surface area contributed by atoms with Crippen LogP contribution in [0.3, 0.4) is 0 Å². The van der Waals surface area contributed by atoms with E-state index in [-0.39, 0.29) is 5.78 Å². The SMILES string of the molecule is COc1ccc(C(=O)C=[S](C)(C)Br)cc1. The van der Waals surface area contributed by atoms with Gasteiger partial charge in [0.25, 0.3) is 0 Å². The van der Waals surface area contributed by atoms with Crippen molar-refractivity contribution in [2.45, 2.75) is 0 Å². The van der Waals surface area contributed by atoms with Crippen LogP contribution in [-0.4, -0.2) is 30.8 Å². The second kappa shape index (κ2) is 4.94. The molecule has 0 aliphatic rings. The van der Waals surface area contributed by atoms with Crippen LogP contribution in [0, 0.1) is 0 Å². The Morgan fingerprint density at radius 1 is 1.33 bits per heavy atom. The van der Waals surface area contributed by atoms with Crippen molar-refractivity contribution < 1.29 is 9.53 Å². The Morgan fingerprint density at radius 3 is 2.27 bits per heavy atom. The monoisotopic (exact) mass is 289 g/mol. The smallest absolute Gasteiger partial charge is 0.191 e. The maximum Gasteiger partial charge on any atom is 0.191 e. The molecule has 0 saturated heterocycles. The summed E-state index contributed by atoms with van der Waals surface area (Å²) in [4.78, 5) is 11.8. The molecule has 0 N–H and O–H groups in total. The van der Waals surface area contributed by atoms with Crippen LogP contribution in [0.1, 0.15) is 10.4 Å². The van der Waals surface area contributed by atoms with E-state index in [1.807, 2.05) is 12.5 Å². The first kappa shape index (κ1) is 12.5. The summed E-state index contributed by atoms with van der Waals surface area (Å²) >= 11 is 3.49. The molecule has 0 aliphatic heterocycles. The number of methoxy groups -OCH3 is 1. The Labute approximate surface area is 98.7 Å². The Morgan fingerprint density at radius 2 is 1.87 bits per heavy atom. The highest BCUT2D eigenvalue weighted by molar-refractivity contribution is 9.57. The zero-order chi connectivity index (χ0) is 11.5. The van der Waals surface area contributed by atoms with E-state index in [0.717, 1.165) is 5.75 Å². The number of hydrogen-bond donors (Lipinski definition) is 0. The number of rotatable bonds is 3. The van der Waals surface area contributed by atoms with Crippen molar-refractivity contribution in [1.29, 1.82) is 0 Å². The fourth-order valence-electron chi connectivity index (χ4n) is 1.08. The summed E-state index contributed by atoms with van der Waals surface area (Å²) in [5.74, 6) is 0.812. The van der Waals surface area contributed by atoms with Gasteiger partial charge in [0, 0.05) is 10.9 Å². The van der Waals surface area contributed by atoms with Gasteiger partial charge in [0.1, 0.15) is 5.75 Å². The van der Waals surface area contributed by atoms with Gasteiger partial charge in [0.2, 0.25) is 0 Å². The number of hydrogen-bond acceptors (Lipinski definition) is 2. The minimum Gasteiger partial charge on any atom is -0.497 e. The number of halogens is 1. The number of carbonyl (C=O) groups is 1. The van der Waals surface area contributed by atoms with Crippen LogP contribution in [0.15, 0.2) is 24.3 Å². The van der Waals surface area contributed by atoms with E-state index >= 15 is 0 Å². The van der Waals surface area contributed by atoms with Crippen molar-refractivity contribution in [1.82, 2.24) is 0 Å². The molecule has 0 unspecified atom stereocenters. The van der Waals surface area contributed by atoms with E-state index in [9.17, 15) is 4.79 Å². The molecule has 0 fully saturated rings. The number of Topliss-reactive ketones (excluding diaryl/α,β-unsaturated/α-hetero) is 1. The van der Waals surface area contributed by atoms with E-state index in [2.05, 4.69) is 14.8 Å². The first-order chi connectivity index (χ1) is 6.92. The molecule has 0 aliphatic carbocycles. The van der Waals surface area contributed by atoms with Gasteiger partial charge in [-0.2, -0.15) is 8.05 Å². The normalized spacial score (nSPS) is 10.9. The van der Waals surface area contributed by atoms with Gasteiger partial charge in [0.05, 0.1) is 7.11 Å². The summed E-state index contributed by atoms with van der Waals surface area (Å²) in [7, 11) is 0.525. The predicted molar refractivity (Wildman–Crippen MR) is 71.8 cm³/mol. The van der Waals surface area contributed by atoms with Crippen LogP contribution in [0.2, 0.25) is 0 Å².